The van der Waals surface area contributed by atoms with Crippen molar-refractivity contribution in [1.82, 2.24) is 15.3 Å². The fraction of sp³-hybridized carbons (Fsp3) is 0.308. The standard InChI is InChI=1S/C13H15N3O2/c1-9(4-7-17)16-13(18)10-2-3-11-12(8-10)15-6-5-14-11/h2-3,5-6,8-9,17H,4,7H2,1H3,(H,16,18). The van der Waals surface area contributed by atoms with E-state index in [-0.39, 0.29) is 18.6 Å². The lowest BCUT2D eigenvalue weighted by Crippen LogP contribution is -2.33. The van der Waals surface area contributed by atoms with Crippen LogP contribution in [-0.4, -0.2) is 33.6 Å². The van der Waals surface area contributed by atoms with Crippen molar-refractivity contribution >= 4 is 16.9 Å². The second kappa shape index (κ2) is 5.55. The van der Waals surface area contributed by atoms with Gasteiger partial charge in [0.1, 0.15) is 0 Å². The third kappa shape index (κ3) is 2.81. The molecular formula is C13H15N3O2. The van der Waals surface area contributed by atoms with Gasteiger partial charge in [-0.15, -0.1) is 0 Å². The van der Waals surface area contributed by atoms with Crippen LogP contribution in [0.4, 0.5) is 0 Å². The Morgan fingerprint density at radius 3 is 2.78 bits per heavy atom. The number of aromatic nitrogens is 2. The molecule has 1 atom stereocenters. The van der Waals surface area contributed by atoms with Gasteiger partial charge >= 0.3 is 0 Å². The van der Waals surface area contributed by atoms with Gasteiger partial charge in [-0.1, -0.05) is 0 Å². The topological polar surface area (TPSA) is 75.1 Å². The van der Waals surface area contributed by atoms with Crippen LogP contribution in [0.2, 0.25) is 0 Å². The molecule has 1 amide bonds. The summed E-state index contributed by atoms with van der Waals surface area (Å²) in [5.74, 6) is -0.163. The summed E-state index contributed by atoms with van der Waals surface area (Å²) in [4.78, 5) is 20.2. The Labute approximate surface area is 105 Å². The van der Waals surface area contributed by atoms with Gasteiger partial charge in [-0.05, 0) is 31.5 Å². The molecule has 0 aliphatic rings. The maximum absolute atomic E-state index is 11.9. The van der Waals surface area contributed by atoms with Gasteiger partial charge in [-0.3, -0.25) is 14.8 Å². The van der Waals surface area contributed by atoms with Crippen molar-refractivity contribution < 1.29 is 9.90 Å². The molecule has 1 unspecified atom stereocenters. The lowest BCUT2D eigenvalue weighted by Gasteiger charge is -2.12. The minimum atomic E-state index is -0.163. The molecule has 2 aromatic rings. The monoisotopic (exact) mass is 245 g/mol. The second-order valence-corrected chi connectivity index (χ2v) is 4.15. The highest BCUT2D eigenvalue weighted by molar-refractivity contribution is 5.97. The summed E-state index contributed by atoms with van der Waals surface area (Å²) >= 11 is 0. The largest absolute Gasteiger partial charge is 0.396 e. The number of rotatable bonds is 4. The van der Waals surface area contributed by atoms with Crippen molar-refractivity contribution in [3.05, 3.63) is 36.2 Å². The molecule has 94 valence electrons. The van der Waals surface area contributed by atoms with Crippen molar-refractivity contribution in [2.24, 2.45) is 0 Å². The highest BCUT2D eigenvalue weighted by Crippen LogP contribution is 2.11. The smallest absolute Gasteiger partial charge is 0.251 e. The molecule has 0 fully saturated rings. The van der Waals surface area contributed by atoms with E-state index in [9.17, 15) is 4.79 Å². The minimum absolute atomic E-state index is 0.0555. The van der Waals surface area contributed by atoms with Crippen molar-refractivity contribution in [1.29, 1.82) is 0 Å². The highest BCUT2D eigenvalue weighted by Gasteiger charge is 2.10. The SMILES string of the molecule is CC(CCO)NC(=O)c1ccc2nccnc2c1. The molecule has 0 bridgehead atoms. The van der Waals surface area contributed by atoms with E-state index < -0.39 is 0 Å². The van der Waals surface area contributed by atoms with E-state index in [0.29, 0.717) is 17.5 Å². The summed E-state index contributed by atoms with van der Waals surface area (Å²) < 4.78 is 0. The average Bonchev–Trinajstić information content (AvgIpc) is 2.38. The summed E-state index contributed by atoms with van der Waals surface area (Å²) in [6.45, 7) is 1.92. The molecule has 1 heterocycles. The van der Waals surface area contributed by atoms with E-state index in [4.69, 9.17) is 5.11 Å². The van der Waals surface area contributed by atoms with Gasteiger partial charge in [0.05, 0.1) is 11.0 Å². The van der Waals surface area contributed by atoms with Crippen LogP contribution >= 0.6 is 0 Å². The fourth-order valence-electron chi connectivity index (χ4n) is 1.68. The molecule has 1 aromatic carbocycles. The molecule has 1 aromatic heterocycles. The first-order chi connectivity index (χ1) is 8.70. The van der Waals surface area contributed by atoms with Crippen molar-refractivity contribution in [2.45, 2.75) is 19.4 Å². The van der Waals surface area contributed by atoms with Gasteiger partial charge in [-0.2, -0.15) is 0 Å². The number of aliphatic hydroxyl groups is 1. The summed E-state index contributed by atoms with van der Waals surface area (Å²) in [7, 11) is 0. The molecule has 5 heteroatoms. The molecule has 0 aliphatic heterocycles. The van der Waals surface area contributed by atoms with Gasteiger partial charge in [-0.25, -0.2) is 0 Å². The van der Waals surface area contributed by atoms with Crippen LogP contribution < -0.4 is 5.32 Å². The fourth-order valence-corrected chi connectivity index (χ4v) is 1.68. The summed E-state index contributed by atoms with van der Waals surface area (Å²) in [6.07, 6.45) is 3.75. The molecule has 0 aliphatic carbocycles. The summed E-state index contributed by atoms with van der Waals surface area (Å²) in [5, 5.41) is 11.6. The number of carbonyl (C=O) groups excluding carboxylic acids is 1. The van der Waals surface area contributed by atoms with Crippen LogP contribution in [0.1, 0.15) is 23.7 Å². The maximum Gasteiger partial charge on any atom is 0.251 e. The van der Waals surface area contributed by atoms with Crippen molar-refractivity contribution in [3.8, 4) is 0 Å². The molecule has 0 radical (unpaired) electrons. The first-order valence-electron chi connectivity index (χ1n) is 5.83. The number of nitrogens with one attached hydrogen (secondary N) is 1. The van der Waals surface area contributed by atoms with E-state index >= 15 is 0 Å². The van der Waals surface area contributed by atoms with Gasteiger partial charge in [0.25, 0.3) is 5.91 Å². The molecular weight excluding hydrogens is 230 g/mol. The molecule has 0 saturated heterocycles. The quantitative estimate of drug-likeness (QED) is 0.846. The van der Waals surface area contributed by atoms with Gasteiger partial charge in [0.2, 0.25) is 0 Å². The third-order valence-electron chi connectivity index (χ3n) is 2.67. The number of fused-ring (bicyclic) bond motifs is 1. The van der Waals surface area contributed by atoms with Crippen molar-refractivity contribution in [2.75, 3.05) is 6.61 Å². The third-order valence-corrected chi connectivity index (χ3v) is 2.67. The second-order valence-electron chi connectivity index (χ2n) is 4.15. The molecule has 2 N–H and O–H groups in total. The van der Waals surface area contributed by atoms with Gasteiger partial charge in [0, 0.05) is 30.6 Å². The number of carbonyl (C=O) groups is 1. The van der Waals surface area contributed by atoms with Crippen LogP contribution in [0.5, 0.6) is 0 Å². The van der Waals surface area contributed by atoms with E-state index in [1.54, 1.807) is 30.6 Å². The molecule has 2 rings (SSSR count). The maximum atomic E-state index is 11.9. The predicted molar refractivity (Wildman–Crippen MR) is 68.2 cm³/mol. The zero-order valence-corrected chi connectivity index (χ0v) is 10.1. The van der Waals surface area contributed by atoms with Gasteiger partial charge < -0.3 is 10.4 Å². The Kier molecular flexibility index (Phi) is 3.84. The highest BCUT2D eigenvalue weighted by atomic mass is 16.3. The van der Waals surface area contributed by atoms with Crippen LogP contribution in [0.15, 0.2) is 30.6 Å². The zero-order valence-electron chi connectivity index (χ0n) is 10.1. The van der Waals surface area contributed by atoms with E-state index in [1.807, 2.05) is 6.92 Å². The molecule has 0 saturated carbocycles. The molecule has 18 heavy (non-hydrogen) atoms. The number of aliphatic hydroxyl groups excluding tert-OH is 1. The Bertz CT molecular complexity index is 557. The first-order valence-corrected chi connectivity index (χ1v) is 5.83. The molecule has 0 spiro atoms. The molecule has 5 nitrogen and oxygen atoms in total. The van der Waals surface area contributed by atoms with Crippen LogP contribution in [0.25, 0.3) is 11.0 Å². The van der Waals surface area contributed by atoms with E-state index in [2.05, 4.69) is 15.3 Å². The number of benzene rings is 1. The van der Waals surface area contributed by atoms with Gasteiger partial charge in [0.15, 0.2) is 0 Å². The zero-order chi connectivity index (χ0) is 13.0. The minimum Gasteiger partial charge on any atom is -0.396 e. The van der Waals surface area contributed by atoms with Crippen LogP contribution in [0.3, 0.4) is 0 Å². The lowest BCUT2D eigenvalue weighted by molar-refractivity contribution is 0.0934. The normalized spacial score (nSPS) is 12.3. The number of hydrogen-bond donors (Lipinski definition) is 2. The Hall–Kier alpha value is -2.01. The first kappa shape index (κ1) is 12.4. The van der Waals surface area contributed by atoms with E-state index in [1.165, 1.54) is 0 Å². The summed E-state index contributed by atoms with van der Waals surface area (Å²) in [6, 6.07) is 5.15. The Balaban J connectivity index is 2.17. The predicted octanol–water partition coefficient (Wildman–Crippen LogP) is 1.13. The van der Waals surface area contributed by atoms with Crippen LogP contribution in [0, 0.1) is 0 Å². The lowest BCUT2D eigenvalue weighted by atomic mass is 10.1. The Morgan fingerprint density at radius 2 is 2.06 bits per heavy atom. The Morgan fingerprint density at radius 1 is 1.33 bits per heavy atom. The van der Waals surface area contributed by atoms with E-state index in [0.717, 1.165) is 5.52 Å². The number of amides is 1. The van der Waals surface area contributed by atoms with Crippen molar-refractivity contribution in [3.63, 3.8) is 0 Å². The summed E-state index contributed by atoms with van der Waals surface area (Å²) in [5.41, 5.74) is 2.00. The average molecular weight is 245 g/mol. The van der Waals surface area contributed by atoms with Crippen LogP contribution in [-0.2, 0) is 0 Å². The number of hydrogen-bond acceptors (Lipinski definition) is 4. The number of nitrogens with zero attached hydrogens (tertiary/aromatic N) is 2.